The van der Waals surface area contributed by atoms with Gasteiger partial charge in [-0.1, -0.05) is 0 Å². The molecule has 0 aliphatic carbocycles. The van der Waals surface area contributed by atoms with E-state index in [4.69, 9.17) is 5.73 Å². The molecule has 1 rings (SSSR count). The summed E-state index contributed by atoms with van der Waals surface area (Å²) in [5.41, 5.74) is 4.71. The molecule has 0 atom stereocenters. The molecule has 0 aliphatic heterocycles. The van der Waals surface area contributed by atoms with E-state index in [0.29, 0.717) is 0 Å². The minimum absolute atomic E-state index is 0.0739. The van der Waals surface area contributed by atoms with E-state index in [9.17, 15) is 18.4 Å². The first kappa shape index (κ1) is 11.1. The monoisotopic (exact) mass is 214 g/mol. The van der Waals surface area contributed by atoms with Crippen LogP contribution in [0.5, 0.6) is 0 Å². The van der Waals surface area contributed by atoms with Gasteiger partial charge < -0.3 is 11.1 Å². The number of hydrogen-bond donors (Lipinski definition) is 2. The van der Waals surface area contributed by atoms with Gasteiger partial charge in [-0.3, -0.25) is 9.59 Å². The predicted octanol–water partition coefficient (Wildman–Crippen LogP) is 0.180. The van der Waals surface area contributed by atoms with Crippen LogP contribution < -0.4 is 11.1 Å². The zero-order chi connectivity index (χ0) is 11.4. The summed E-state index contributed by atoms with van der Waals surface area (Å²) in [5, 5.41) is 2.14. The molecular weight excluding hydrogens is 206 g/mol. The molecule has 4 nitrogen and oxygen atoms in total. The van der Waals surface area contributed by atoms with Crippen molar-refractivity contribution >= 4 is 11.8 Å². The molecule has 80 valence electrons. The molecule has 0 aromatic heterocycles. The Balaban J connectivity index is 2.74. The molecule has 0 aliphatic rings. The molecule has 0 heterocycles. The molecule has 0 spiro atoms. The highest BCUT2D eigenvalue weighted by molar-refractivity contribution is 5.96. The fourth-order valence-corrected chi connectivity index (χ4v) is 0.907. The van der Waals surface area contributed by atoms with Crippen LogP contribution in [-0.4, -0.2) is 18.4 Å². The van der Waals surface area contributed by atoms with Crippen LogP contribution in [0.4, 0.5) is 8.78 Å². The molecule has 0 radical (unpaired) electrons. The molecule has 0 saturated heterocycles. The van der Waals surface area contributed by atoms with Gasteiger partial charge in [0.05, 0.1) is 6.54 Å². The first-order chi connectivity index (χ1) is 7.00. The summed E-state index contributed by atoms with van der Waals surface area (Å²) < 4.78 is 25.2. The summed E-state index contributed by atoms with van der Waals surface area (Å²) in [6, 6.07) is 2.68. The number of nitrogens with one attached hydrogen (secondary N) is 1. The van der Waals surface area contributed by atoms with Crippen LogP contribution in [0.1, 0.15) is 10.4 Å². The second kappa shape index (κ2) is 4.50. The van der Waals surface area contributed by atoms with E-state index < -0.39 is 23.4 Å². The Morgan fingerprint density at radius 1 is 1.27 bits per heavy atom. The van der Waals surface area contributed by atoms with Crippen LogP contribution in [0.2, 0.25) is 0 Å². The molecular formula is C9H8F2N2O2. The predicted molar refractivity (Wildman–Crippen MR) is 47.9 cm³/mol. The van der Waals surface area contributed by atoms with Crippen LogP contribution in [0.3, 0.4) is 0 Å². The van der Waals surface area contributed by atoms with Crippen molar-refractivity contribution in [3.8, 4) is 0 Å². The number of rotatable bonds is 3. The fraction of sp³-hybridized carbons (Fsp3) is 0.111. The van der Waals surface area contributed by atoms with E-state index in [0.717, 1.165) is 18.2 Å². The first-order valence-electron chi connectivity index (χ1n) is 4.02. The van der Waals surface area contributed by atoms with E-state index in [-0.39, 0.29) is 12.1 Å². The number of hydrogen-bond acceptors (Lipinski definition) is 2. The smallest absolute Gasteiger partial charge is 0.251 e. The zero-order valence-corrected chi connectivity index (χ0v) is 7.59. The Bertz CT molecular complexity index is 407. The van der Waals surface area contributed by atoms with Gasteiger partial charge in [-0.15, -0.1) is 0 Å². The summed E-state index contributed by atoms with van der Waals surface area (Å²) in [4.78, 5) is 21.5. The molecule has 2 amide bonds. The highest BCUT2D eigenvalue weighted by atomic mass is 19.2. The molecule has 0 saturated carbocycles. The highest BCUT2D eigenvalue weighted by Gasteiger charge is 2.09. The number of halogens is 2. The minimum atomic E-state index is -1.12. The quantitative estimate of drug-likeness (QED) is 0.753. The Morgan fingerprint density at radius 3 is 2.47 bits per heavy atom. The van der Waals surface area contributed by atoms with Crippen molar-refractivity contribution in [2.45, 2.75) is 0 Å². The van der Waals surface area contributed by atoms with Gasteiger partial charge in [0, 0.05) is 5.56 Å². The maximum Gasteiger partial charge on any atom is 0.251 e. The second-order valence-corrected chi connectivity index (χ2v) is 2.78. The summed E-state index contributed by atoms with van der Waals surface area (Å²) in [6.07, 6.45) is 0. The van der Waals surface area contributed by atoms with E-state index in [2.05, 4.69) is 5.32 Å². The largest absolute Gasteiger partial charge is 0.368 e. The molecule has 0 unspecified atom stereocenters. The van der Waals surface area contributed by atoms with Crippen molar-refractivity contribution in [3.63, 3.8) is 0 Å². The normalized spacial score (nSPS) is 9.73. The molecule has 3 N–H and O–H groups in total. The minimum Gasteiger partial charge on any atom is -0.368 e. The van der Waals surface area contributed by atoms with Gasteiger partial charge in [0.2, 0.25) is 5.91 Å². The van der Waals surface area contributed by atoms with Gasteiger partial charge in [-0.05, 0) is 18.2 Å². The van der Waals surface area contributed by atoms with Gasteiger partial charge in [0.25, 0.3) is 5.91 Å². The van der Waals surface area contributed by atoms with Gasteiger partial charge in [-0.2, -0.15) is 0 Å². The maximum atomic E-state index is 12.7. The van der Waals surface area contributed by atoms with Gasteiger partial charge >= 0.3 is 0 Å². The standard InChI is InChI=1S/C9H8F2N2O2/c10-6-2-1-5(3-7(6)11)9(15)13-4-8(12)14/h1-3H,4H2,(H2,12,14)(H,13,15). The van der Waals surface area contributed by atoms with Crippen molar-refractivity contribution in [1.29, 1.82) is 0 Å². The van der Waals surface area contributed by atoms with Crippen molar-refractivity contribution in [2.24, 2.45) is 5.73 Å². The zero-order valence-electron chi connectivity index (χ0n) is 7.59. The average Bonchev–Trinajstić information content (AvgIpc) is 2.18. The number of carbonyl (C=O) groups excluding carboxylic acids is 2. The third-order valence-corrected chi connectivity index (χ3v) is 1.60. The second-order valence-electron chi connectivity index (χ2n) is 2.78. The summed E-state index contributed by atoms with van der Waals surface area (Å²) in [7, 11) is 0. The summed E-state index contributed by atoms with van der Waals surface area (Å²) >= 11 is 0. The number of nitrogens with two attached hydrogens (primary N) is 1. The van der Waals surface area contributed by atoms with E-state index in [1.165, 1.54) is 0 Å². The number of benzene rings is 1. The van der Waals surface area contributed by atoms with E-state index in [1.807, 2.05) is 0 Å². The van der Waals surface area contributed by atoms with Crippen LogP contribution in [0.25, 0.3) is 0 Å². The molecule has 15 heavy (non-hydrogen) atoms. The Hall–Kier alpha value is -1.98. The van der Waals surface area contributed by atoms with Crippen molar-refractivity contribution in [3.05, 3.63) is 35.4 Å². The van der Waals surface area contributed by atoms with Crippen molar-refractivity contribution in [2.75, 3.05) is 6.54 Å². The van der Waals surface area contributed by atoms with Crippen LogP contribution >= 0.6 is 0 Å². The lowest BCUT2D eigenvalue weighted by atomic mass is 10.2. The number of carbonyl (C=O) groups is 2. The molecule has 6 heteroatoms. The lowest BCUT2D eigenvalue weighted by Gasteiger charge is -2.02. The summed E-state index contributed by atoms with van der Waals surface area (Å²) in [5.74, 6) is -3.57. The van der Waals surface area contributed by atoms with Crippen molar-refractivity contribution < 1.29 is 18.4 Å². The molecule has 0 fully saturated rings. The van der Waals surface area contributed by atoms with Gasteiger partial charge in [0.1, 0.15) is 0 Å². The van der Waals surface area contributed by atoms with Crippen molar-refractivity contribution in [1.82, 2.24) is 5.32 Å². The lowest BCUT2D eigenvalue weighted by Crippen LogP contribution is -2.33. The van der Waals surface area contributed by atoms with Crippen LogP contribution in [0, 0.1) is 11.6 Å². The SMILES string of the molecule is NC(=O)CNC(=O)c1ccc(F)c(F)c1. The lowest BCUT2D eigenvalue weighted by molar-refractivity contribution is -0.117. The number of primary amides is 1. The molecule has 0 bridgehead atoms. The third-order valence-electron chi connectivity index (χ3n) is 1.60. The molecule has 1 aromatic rings. The van der Waals surface area contributed by atoms with Gasteiger partial charge in [0.15, 0.2) is 11.6 Å². The Kier molecular flexibility index (Phi) is 3.33. The Labute approximate surface area is 84.1 Å². The third kappa shape index (κ3) is 3.01. The van der Waals surface area contributed by atoms with Gasteiger partial charge in [-0.25, -0.2) is 8.78 Å². The number of amides is 2. The maximum absolute atomic E-state index is 12.7. The van der Waals surface area contributed by atoms with E-state index >= 15 is 0 Å². The topological polar surface area (TPSA) is 72.2 Å². The average molecular weight is 214 g/mol. The van der Waals surface area contributed by atoms with Crippen LogP contribution in [0.15, 0.2) is 18.2 Å². The first-order valence-corrected chi connectivity index (χ1v) is 4.02. The summed E-state index contributed by atoms with van der Waals surface area (Å²) in [6.45, 7) is -0.349. The molecule has 1 aromatic carbocycles. The highest BCUT2D eigenvalue weighted by Crippen LogP contribution is 2.08. The fourth-order valence-electron chi connectivity index (χ4n) is 0.907. The Morgan fingerprint density at radius 2 is 1.93 bits per heavy atom. The van der Waals surface area contributed by atoms with E-state index in [1.54, 1.807) is 0 Å². The van der Waals surface area contributed by atoms with Crippen LogP contribution in [-0.2, 0) is 4.79 Å².